The Balaban J connectivity index is 1.33. The molecule has 0 spiro atoms. The number of amides is 1. The third kappa shape index (κ3) is 3.85. The number of carbonyl (C=O) groups excluding carboxylic acids is 1. The van der Waals surface area contributed by atoms with E-state index >= 15 is 0 Å². The van der Waals surface area contributed by atoms with Crippen LogP contribution in [0.2, 0.25) is 0 Å². The van der Waals surface area contributed by atoms with Crippen molar-refractivity contribution in [3.8, 4) is 17.0 Å². The van der Waals surface area contributed by atoms with Gasteiger partial charge in [0.25, 0.3) is 0 Å². The lowest BCUT2D eigenvalue weighted by Crippen LogP contribution is -2.48. The Labute approximate surface area is 152 Å². The highest BCUT2D eigenvalue weighted by Crippen LogP contribution is 2.31. The average Bonchev–Trinajstić information content (AvgIpc) is 3.41. The smallest absolute Gasteiger partial charge is 0.225 e. The van der Waals surface area contributed by atoms with Crippen molar-refractivity contribution in [1.29, 1.82) is 0 Å². The van der Waals surface area contributed by atoms with Crippen molar-refractivity contribution in [1.82, 2.24) is 14.8 Å². The fraction of sp³-hybridized carbons (Fsp3) is 0.474. The van der Waals surface area contributed by atoms with Crippen LogP contribution in [-0.4, -0.2) is 54.0 Å². The van der Waals surface area contributed by atoms with Crippen LogP contribution in [0.25, 0.3) is 11.3 Å². The minimum Gasteiger partial charge on any atom is -0.497 e. The van der Waals surface area contributed by atoms with E-state index in [1.807, 2.05) is 29.2 Å². The van der Waals surface area contributed by atoms with Gasteiger partial charge in [0.2, 0.25) is 5.91 Å². The minimum absolute atomic E-state index is 0.331. The largest absolute Gasteiger partial charge is 0.497 e. The molecule has 6 heteroatoms. The molecule has 2 aromatic rings. The highest BCUT2D eigenvalue weighted by atomic mass is 32.1. The first-order chi connectivity index (χ1) is 12.2. The number of methoxy groups -OCH3 is 1. The molecule has 25 heavy (non-hydrogen) atoms. The first kappa shape index (κ1) is 16.5. The fourth-order valence-corrected chi connectivity index (χ4v) is 4.03. The normalized spacial score (nSPS) is 18.4. The summed E-state index contributed by atoms with van der Waals surface area (Å²) in [5.74, 6) is 1.56. The molecule has 0 bridgehead atoms. The topological polar surface area (TPSA) is 45.7 Å². The lowest BCUT2D eigenvalue weighted by Gasteiger charge is -2.34. The van der Waals surface area contributed by atoms with Gasteiger partial charge in [-0.3, -0.25) is 9.69 Å². The molecule has 0 radical (unpaired) electrons. The van der Waals surface area contributed by atoms with Crippen LogP contribution in [0.15, 0.2) is 29.6 Å². The van der Waals surface area contributed by atoms with Gasteiger partial charge in [-0.05, 0) is 37.1 Å². The molecule has 2 aliphatic rings. The maximum absolute atomic E-state index is 12.1. The molecule has 1 aliphatic carbocycles. The summed E-state index contributed by atoms with van der Waals surface area (Å²) in [6, 6.07) is 8.01. The van der Waals surface area contributed by atoms with Crippen LogP contribution >= 0.6 is 11.3 Å². The van der Waals surface area contributed by atoms with E-state index in [-0.39, 0.29) is 0 Å². The number of thiazole rings is 1. The molecule has 0 unspecified atom stereocenters. The minimum atomic E-state index is 0.331. The molecule has 1 amide bonds. The number of piperazine rings is 1. The molecule has 5 nitrogen and oxygen atoms in total. The van der Waals surface area contributed by atoms with E-state index in [0.29, 0.717) is 11.8 Å². The number of ether oxygens (including phenoxy) is 1. The highest BCUT2D eigenvalue weighted by molar-refractivity contribution is 7.09. The molecule has 1 aliphatic heterocycles. The summed E-state index contributed by atoms with van der Waals surface area (Å²) < 4.78 is 5.20. The molecule has 0 atom stereocenters. The van der Waals surface area contributed by atoms with Crippen LogP contribution in [0.4, 0.5) is 0 Å². The molecule has 1 aromatic heterocycles. The van der Waals surface area contributed by atoms with E-state index in [4.69, 9.17) is 9.72 Å². The summed E-state index contributed by atoms with van der Waals surface area (Å²) in [5.41, 5.74) is 2.13. The van der Waals surface area contributed by atoms with Gasteiger partial charge in [-0.2, -0.15) is 0 Å². The van der Waals surface area contributed by atoms with Crippen molar-refractivity contribution in [2.24, 2.45) is 5.92 Å². The van der Waals surface area contributed by atoms with Crippen LogP contribution in [0, 0.1) is 5.92 Å². The van der Waals surface area contributed by atoms with Gasteiger partial charge in [0, 0.05) is 43.0 Å². The van der Waals surface area contributed by atoms with Crippen LogP contribution in [-0.2, 0) is 11.3 Å². The van der Waals surface area contributed by atoms with Gasteiger partial charge in [-0.1, -0.05) is 0 Å². The molecule has 1 saturated heterocycles. The SMILES string of the molecule is COc1ccc(-c2csc(CN3CCN(C(=O)C4CC4)CC3)n2)cc1. The second kappa shape index (κ2) is 7.14. The molecule has 4 rings (SSSR count). The summed E-state index contributed by atoms with van der Waals surface area (Å²) >= 11 is 1.71. The van der Waals surface area contributed by atoms with Crippen LogP contribution in [0.5, 0.6) is 5.75 Å². The predicted molar refractivity (Wildman–Crippen MR) is 98.7 cm³/mol. The van der Waals surface area contributed by atoms with E-state index in [1.165, 1.54) is 0 Å². The van der Waals surface area contributed by atoms with Crippen molar-refractivity contribution in [3.63, 3.8) is 0 Å². The lowest BCUT2D eigenvalue weighted by molar-refractivity contribution is -0.134. The number of carbonyl (C=O) groups is 1. The third-order valence-corrected chi connectivity index (χ3v) is 5.74. The first-order valence-electron chi connectivity index (χ1n) is 8.83. The van der Waals surface area contributed by atoms with Crippen molar-refractivity contribution in [3.05, 3.63) is 34.7 Å². The summed E-state index contributed by atoms with van der Waals surface area (Å²) in [7, 11) is 1.67. The Kier molecular flexibility index (Phi) is 4.72. The maximum Gasteiger partial charge on any atom is 0.225 e. The molecule has 1 aromatic carbocycles. The standard InChI is InChI=1S/C19H23N3O2S/c1-24-16-6-4-14(5-7-16)17-13-25-18(20-17)12-21-8-10-22(11-9-21)19(23)15-2-3-15/h4-7,13,15H,2-3,8-12H2,1H3. The van der Waals surface area contributed by atoms with Gasteiger partial charge in [-0.15, -0.1) is 11.3 Å². The Morgan fingerprint density at radius 3 is 2.56 bits per heavy atom. The molecule has 0 N–H and O–H groups in total. The van der Waals surface area contributed by atoms with E-state index in [2.05, 4.69) is 10.3 Å². The summed E-state index contributed by atoms with van der Waals surface area (Å²) in [6.45, 7) is 4.45. The van der Waals surface area contributed by atoms with E-state index < -0.39 is 0 Å². The lowest BCUT2D eigenvalue weighted by atomic mass is 10.2. The number of rotatable bonds is 5. The van der Waals surface area contributed by atoms with Crippen LogP contribution < -0.4 is 4.74 Å². The monoisotopic (exact) mass is 357 g/mol. The number of hydrogen-bond acceptors (Lipinski definition) is 5. The van der Waals surface area contributed by atoms with Crippen molar-refractivity contribution in [2.45, 2.75) is 19.4 Å². The van der Waals surface area contributed by atoms with Gasteiger partial charge in [0.15, 0.2) is 0 Å². The Bertz CT molecular complexity index is 731. The van der Waals surface area contributed by atoms with Crippen molar-refractivity contribution < 1.29 is 9.53 Å². The highest BCUT2D eigenvalue weighted by Gasteiger charge is 2.34. The number of aromatic nitrogens is 1. The second-order valence-corrected chi connectivity index (χ2v) is 7.67. The Morgan fingerprint density at radius 1 is 1.20 bits per heavy atom. The first-order valence-corrected chi connectivity index (χ1v) is 9.71. The van der Waals surface area contributed by atoms with Crippen LogP contribution in [0.3, 0.4) is 0 Å². The maximum atomic E-state index is 12.1. The zero-order valence-corrected chi connectivity index (χ0v) is 15.3. The zero-order valence-electron chi connectivity index (χ0n) is 14.5. The van der Waals surface area contributed by atoms with Crippen molar-refractivity contribution >= 4 is 17.2 Å². The summed E-state index contributed by atoms with van der Waals surface area (Å²) in [4.78, 5) is 21.3. The Hall–Kier alpha value is -1.92. The molecular formula is C19H23N3O2S. The van der Waals surface area contributed by atoms with E-state index in [0.717, 1.165) is 67.6 Å². The predicted octanol–water partition coefficient (Wildman–Crippen LogP) is 2.87. The van der Waals surface area contributed by atoms with Gasteiger partial charge < -0.3 is 9.64 Å². The summed E-state index contributed by atoms with van der Waals surface area (Å²) in [5, 5.41) is 3.25. The van der Waals surface area contributed by atoms with Gasteiger partial charge >= 0.3 is 0 Å². The molecule has 2 fully saturated rings. The van der Waals surface area contributed by atoms with Crippen LogP contribution in [0.1, 0.15) is 17.8 Å². The number of hydrogen-bond donors (Lipinski definition) is 0. The fourth-order valence-electron chi connectivity index (χ4n) is 3.18. The molecule has 1 saturated carbocycles. The number of benzene rings is 1. The van der Waals surface area contributed by atoms with Gasteiger partial charge in [0.1, 0.15) is 10.8 Å². The molecule has 2 heterocycles. The van der Waals surface area contributed by atoms with Gasteiger partial charge in [-0.25, -0.2) is 4.98 Å². The van der Waals surface area contributed by atoms with Crippen molar-refractivity contribution in [2.75, 3.05) is 33.3 Å². The van der Waals surface area contributed by atoms with Gasteiger partial charge in [0.05, 0.1) is 19.3 Å². The molecule has 132 valence electrons. The third-order valence-electron chi connectivity index (χ3n) is 4.91. The quantitative estimate of drug-likeness (QED) is 0.825. The average molecular weight is 357 g/mol. The number of nitrogens with zero attached hydrogens (tertiary/aromatic N) is 3. The second-order valence-electron chi connectivity index (χ2n) is 6.73. The van der Waals surface area contributed by atoms with E-state index in [9.17, 15) is 4.79 Å². The van der Waals surface area contributed by atoms with E-state index in [1.54, 1.807) is 18.4 Å². The Morgan fingerprint density at radius 2 is 1.92 bits per heavy atom. The molecular weight excluding hydrogens is 334 g/mol. The summed E-state index contributed by atoms with van der Waals surface area (Å²) in [6.07, 6.45) is 2.18. The zero-order chi connectivity index (χ0) is 17.2.